The van der Waals surface area contributed by atoms with Crippen molar-refractivity contribution in [1.29, 1.82) is 0 Å². The molecule has 0 aliphatic carbocycles. The zero-order valence-corrected chi connectivity index (χ0v) is 24.1. The van der Waals surface area contributed by atoms with E-state index in [1.807, 2.05) is 49.4 Å². The van der Waals surface area contributed by atoms with Gasteiger partial charge in [0.05, 0.1) is 4.91 Å². The number of rotatable bonds is 8. The normalized spacial score (nSPS) is 15.6. The van der Waals surface area contributed by atoms with Gasteiger partial charge in [-0.05, 0) is 54.8 Å². The van der Waals surface area contributed by atoms with Crippen molar-refractivity contribution in [1.82, 2.24) is 10.2 Å². The Morgan fingerprint density at radius 3 is 2.34 bits per heavy atom. The standard InChI is InChI=1S/C28H23Cl3N2O3S2/c1-18-7-11-21(12-8-18)24(34)32-26(28(29,30)31)36-22-13-9-20(10-14-22)17-23-25(35)33(27(37)38-23)16-15-19-5-3-2-4-6-19/h2-14,17,26H,15-16H2,1H3,(H,32,34). The molecule has 10 heteroatoms. The minimum absolute atomic E-state index is 0.119. The Bertz CT molecular complexity index is 1340. The number of carbonyl (C=O) groups is 2. The highest BCUT2D eigenvalue weighted by Gasteiger charge is 2.36. The third-order valence-electron chi connectivity index (χ3n) is 5.65. The summed E-state index contributed by atoms with van der Waals surface area (Å²) in [6.45, 7) is 2.44. The lowest BCUT2D eigenvalue weighted by molar-refractivity contribution is -0.122. The fraction of sp³-hybridized carbons (Fsp3) is 0.179. The maximum Gasteiger partial charge on any atom is 0.266 e. The monoisotopic (exact) mass is 604 g/mol. The molecule has 1 unspecified atom stereocenters. The predicted octanol–water partition coefficient (Wildman–Crippen LogP) is 6.94. The number of aryl methyl sites for hydroxylation is 1. The van der Waals surface area contributed by atoms with Gasteiger partial charge < -0.3 is 10.1 Å². The van der Waals surface area contributed by atoms with Gasteiger partial charge in [-0.2, -0.15) is 0 Å². The number of nitrogens with one attached hydrogen (secondary N) is 1. The molecule has 2 amide bonds. The quantitative estimate of drug-likeness (QED) is 0.130. The van der Waals surface area contributed by atoms with Crippen LogP contribution >= 0.6 is 58.8 Å². The summed E-state index contributed by atoms with van der Waals surface area (Å²) in [6.07, 6.45) is 1.25. The van der Waals surface area contributed by atoms with E-state index >= 15 is 0 Å². The lowest BCUT2D eigenvalue weighted by Crippen LogP contribution is -2.47. The average molecular weight is 606 g/mol. The second-order valence-corrected chi connectivity index (χ2v) is 12.6. The van der Waals surface area contributed by atoms with E-state index in [-0.39, 0.29) is 5.91 Å². The molecule has 4 rings (SSSR count). The number of thioether (sulfide) groups is 1. The van der Waals surface area contributed by atoms with Crippen molar-refractivity contribution in [3.8, 4) is 5.75 Å². The molecule has 3 aromatic rings. The summed E-state index contributed by atoms with van der Waals surface area (Å²) in [5.74, 6) is -0.184. The molecule has 1 saturated heterocycles. The molecular weight excluding hydrogens is 583 g/mol. The molecule has 1 aliphatic heterocycles. The van der Waals surface area contributed by atoms with E-state index in [2.05, 4.69) is 5.32 Å². The van der Waals surface area contributed by atoms with Gasteiger partial charge >= 0.3 is 0 Å². The number of halogens is 3. The van der Waals surface area contributed by atoms with Crippen LogP contribution in [0.2, 0.25) is 0 Å². The Morgan fingerprint density at radius 2 is 1.71 bits per heavy atom. The van der Waals surface area contributed by atoms with Crippen molar-refractivity contribution >= 4 is 81.0 Å². The molecule has 0 saturated carbocycles. The first-order chi connectivity index (χ1) is 18.1. The van der Waals surface area contributed by atoms with Gasteiger partial charge in [0.15, 0.2) is 0 Å². The van der Waals surface area contributed by atoms with Crippen molar-refractivity contribution in [2.75, 3.05) is 6.54 Å². The molecular formula is C28H23Cl3N2O3S2. The van der Waals surface area contributed by atoms with Crippen molar-refractivity contribution in [2.24, 2.45) is 0 Å². The highest BCUT2D eigenvalue weighted by molar-refractivity contribution is 8.26. The van der Waals surface area contributed by atoms with Crippen molar-refractivity contribution in [3.05, 3.63) is 106 Å². The Labute approximate surface area is 246 Å². The zero-order valence-electron chi connectivity index (χ0n) is 20.2. The van der Waals surface area contributed by atoms with E-state index in [4.69, 9.17) is 51.8 Å². The van der Waals surface area contributed by atoms with Crippen molar-refractivity contribution in [3.63, 3.8) is 0 Å². The fourth-order valence-corrected chi connectivity index (χ4v) is 5.20. The second kappa shape index (κ2) is 12.5. The van der Waals surface area contributed by atoms with E-state index in [9.17, 15) is 9.59 Å². The summed E-state index contributed by atoms with van der Waals surface area (Å²) in [6, 6.07) is 23.8. The number of hydrogen-bond acceptors (Lipinski definition) is 5. The van der Waals surface area contributed by atoms with E-state index in [0.29, 0.717) is 27.1 Å². The summed E-state index contributed by atoms with van der Waals surface area (Å²) in [5.41, 5.74) is 3.35. The van der Waals surface area contributed by atoms with Crippen LogP contribution in [0, 0.1) is 6.92 Å². The topological polar surface area (TPSA) is 58.6 Å². The highest BCUT2D eigenvalue weighted by atomic mass is 35.6. The van der Waals surface area contributed by atoms with E-state index in [0.717, 1.165) is 23.1 Å². The number of carbonyl (C=O) groups excluding carboxylic acids is 2. The first-order valence-corrected chi connectivity index (χ1v) is 14.0. The number of thiocarbonyl (C=S) groups is 1. The van der Waals surface area contributed by atoms with Crippen molar-refractivity contribution < 1.29 is 14.3 Å². The molecule has 0 bridgehead atoms. The first-order valence-electron chi connectivity index (χ1n) is 11.6. The van der Waals surface area contributed by atoms with Crippen LogP contribution in [0.5, 0.6) is 5.75 Å². The minimum atomic E-state index is -1.92. The molecule has 1 aliphatic rings. The molecule has 0 aromatic heterocycles. The average Bonchev–Trinajstić information content (AvgIpc) is 3.15. The lowest BCUT2D eigenvalue weighted by atomic mass is 10.1. The molecule has 1 heterocycles. The van der Waals surface area contributed by atoms with Crippen LogP contribution in [0.1, 0.15) is 27.0 Å². The summed E-state index contributed by atoms with van der Waals surface area (Å²) in [5, 5.41) is 2.62. The molecule has 38 heavy (non-hydrogen) atoms. The summed E-state index contributed by atoms with van der Waals surface area (Å²) >= 11 is 25.0. The molecule has 0 radical (unpaired) electrons. The maximum atomic E-state index is 12.9. The Balaban J connectivity index is 1.40. The fourth-order valence-electron chi connectivity index (χ4n) is 3.59. The van der Waals surface area contributed by atoms with E-state index < -0.39 is 15.9 Å². The molecule has 1 atom stereocenters. The second-order valence-electron chi connectivity index (χ2n) is 8.52. The number of alkyl halides is 3. The molecule has 196 valence electrons. The number of hydrogen-bond donors (Lipinski definition) is 1. The maximum absolute atomic E-state index is 12.9. The smallest absolute Gasteiger partial charge is 0.266 e. The largest absolute Gasteiger partial charge is 0.466 e. The third-order valence-corrected chi connectivity index (χ3v) is 7.62. The Hall–Kier alpha value is -2.55. The molecule has 5 nitrogen and oxygen atoms in total. The first kappa shape index (κ1) is 28.5. The molecule has 0 spiro atoms. The van der Waals surface area contributed by atoms with Gasteiger partial charge in [-0.1, -0.05) is 119 Å². The molecule has 1 N–H and O–H groups in total. The van der Waals surface area contributed by atoms with E-state index in [1.165, 1.54) is 11.8 Å². The molecule has 3 aromatic carbocycles. The summed E-state index contributed by atoms with van der Waals surface area (Å²) in [7, 11) is 0. The van der Waals surface area contributed by atoms with Gasteiger partial charge in [-0.3, -0.25) is 14.5 Å². The van der Waals surface area contributed by atoms with Crippen LogP contribution in [0.25, 0.3) is 6.08 Å². The van der Waals surface area contributed by atoms with Crippen LogP contribution in [-0.2, 0) is 11.2 Å². The highest BCUT2D eigenvalue weighted by Crippen LogP contribution is 2.34. The lowest BCUT2D eigenvalue weighted by Gasteiger charge is -2.26. The van der Waals surface area contributed by atoms with Crippen LogP contribution in [0.3, 0.4) is 0 Å². The summed E-state index contributed by atoms with van der Waals surface area (Å²) < 4.78 is 4.41. The van der Waals surface area contributed by atoms with Crippen molar-refractivity contribution in [2.45, 2.75) is 23.4 Å². The Kier molecular flexibility index (Phi) is 9.39. The molecule has 1 fully saturated rings. The van der Waals surface area contributed by atoms with Crippen LogP contribution in [0.4, 0.5) is 0 Å². The van der Waals surface area contributed by atoms with Gasteiger partial charge in [0.1, 0.15) is 10.1 Å². The SMILES string of the molecule is Cc1ccc(C(=O)NC(Oc2ccc(C=C3SC(=S)N(CCc4ccccc4)C3=O)cc2)C(Cl)(Cl)Cl)cc1. The number of nitrogens with zero attached hydrogens (tertiary/aromatic N) is 1. The van der Waals surface area contributed by atoms with Crippen LogP contribution < -0.4 is 10.1 Å². The minimum Gasteiger partial charge on any atom is -0.466 e. The van der Waals surface area contributed by atoms with Crippen LogP contribution in [0.15, 0.2) is 83.8 Å². The van der Waals surface area contributed by atoms with Gasteiger partial charge in [-0.15, -0.1) is 0 Å². The van der Waals surface area contributed by atoms with Crippen LogP contribution in [-0.4, -0.2) is 37.6 Å². The number of amides is 2. The van der Waals surface area contributed by atoms with Gasteiger partial charge in [0, 0.05) is 12.1 Å². The number of ether oxygens (including phenoxy) is 1. The van der Waals surface area contributed by atoms with E-state index in [1.54, 1.807) is 47.4 Å². The zero-order chi connectivity index (χ0) is 27.3. The van der Waals surface area contributed by atoms with Gasteiger partial charge in [0.2, 0.25) is 10.0 Å². The number of benzene rings is 3. The van der Waals surface area contributed by atoms with Gasteiger partial charge in [-0.25, -0.2) is 0 Å². The Morgan fingerprint density at radius 1 is 1.05 bits per heavy atom. The third kappa shape index (κ3) is 7.52. The predicted molar refractivity (Wildman–Crippen MR) is 160 cm³/mol. The van der Waals surface area contributed by atoms with Gasteiger partial charge in [0.25, 0.3) is 11.8 Å². The summed E-state index contributed by atoms with van der Waals surface area (Å²) in [4.78, 5) is 27.7.